The van der Waals surface area contributed by atoms with E-state index in [0.29, 0.717) is 5.56 Å². The molecule has 1 rings (SSSR count). The third kappa shape index (κ3) is 1.64. The summed E-state index contributed by atoms with van der Waals surface area (Å²) < 4.78 is 0. The van der Waals surface area contributed by atoms with Gasteiger partial charge in [0.05, 0.1) is 11.3 Å². The van der Waals surface area contributed by atoms with E-state index in [-0.39, 0.29) is 16.9 Å². The van der Waals surface area contributed by atoms with Gasteiger partial charge >= 0.3 is 5.97 Å². The summed E-state index contributed by atoms with van der Waals surface area (Å²) in [6.45, 7) is 1.67. The molecular formula is C8H8N2O3. The van der Waals surface area contributed by atoms with Crippen molar-refractivity contribution in [2.45, 2.75) is 6.92 Å². The molecule has 1 aromatic rings. The van der Waals surface area contributed by atoms with Gasteiger partial charge in [-0.2, -0.15) is 0 Å². The molecule has 0 unspecified atom stereocenters. The number of nitroso groups, excluding NO2 is 1. The molecule has 0 bridgehead atoms. The third-order valence-electron chi connectivity index (χ3n) is 1.63. The lowest BCUT2D eigenvalue weighted by atomic mass is 10.1. The molecule has 5 nitrogen and oxygen atoms in total. The lowest BCUT2D eigenvalue weighted by Crippen LogP contribution is -2.02. The van der Waals surface area contributed by atoms with Crippen LogP contribution in [0.25, 0.3) is 0 Å². The highest BCUT2D eigenvalue weighted by Gasteiger charge is 2.12. The van der Waals surface area contributed by atoms with Gasteiger partial charge in [-0.3, -0.25) is 0 Å². The number of hydrogen-bond acceptors (Lipinski definition) is 4. The average Bonchev–Trinajstić information content (AvgIpc) is 2.08. The molecule has 68 valence electrons. The summed E-state index contributed by atoms with van der Waals surface area (Å²) >= 11 is 0. The van der Waals surface area contributed by atoms with Crippen LogP contribution in [-0.4, -0.2) is 11.1 Å². The van der Waals surface area contributed by atoms with Crippen molar-refractivity contribution in [3.8, 4) is 0 Å². The molecule has 0 fully saturated rings. The Kier molecular flexibility index (Phi) is 2.27. The number of anilines is 1. The highest BCUT2D eigenvalue weighted by molar-refractivity contribution is 5.96. The molecule has 0 heterocycles. The summed E-state index contributed by atoms with van der Waals surface area (Å²) in [5, 5.41) is 11.3. The first kappa shape index (κ1) is 9.18. The molecule has 0 aliphatic carbocycles. The molecule has 0 saturated carbocycles. The topological polar surface area (TPSA) is 92.8 Å². The fraction of sp³-hybridized carbons (Fsp3) is 0.125. The summed E-state index contributed by atoms with van der Waals surface area (Å²) in [5.74, 6) is -1.16. The van der Waals surface area contributed by atoms with Gasteiger partial charge in [0.25, 0.3) is 0 Å². The molecule has 0 atom stereocenters. The number of aryl methyl sites for hydroxylation is 1. The van der Waals surface area contributed by atoms with Gasteiger partial charge in [-0.1, -0.05) is 0 Å². The van der Waals surface area contributed by atoms with E-state index in [0.717, 1.165) is 0 Å². The van der Waals surface area contributed by atoms with Crippen LogP contribution in [0.2, 0.25) is 0 Å². The Hall–Kier alpha value is -1.91. The Morgan fingerprint density at radius 1 is 1.54 bits per heavy atom. The third-order valence-corrected chi connectivity index (χ3v) is 1.63. The van der Waals surface area contributed by atoms with Crippen molar-refractivity contribution in [3.05, 3.63) is 28.2 Å². The predicted octanol–water partition coefficient (Wildman–Crippen LogP) is 1.67. The van der Waals surface area contributed by atoms with E-state index in [4.69, 9.17) is 10.8 Å². The first-order chi connectivity index (χ1) is 6.06. The second kappa shape index (κ2) is 3.22. The van der Waals surface area contributed by atoms with Crippen LogP contribution in [0, 0.1) is 11.8 Å². The fourth-order valence-electron chi connectivity index (χ4n) is 1.03. The number of nitrogens with two attached hydrogens (primary N) is 1. The maximum Gasteiger partial charge on any atom is 0.337 e. The Labute approximate surface area is 74.2 Å². The van der Waals surface area contributed by atoms with Gasteiger partial charge < -0.3 is 10.8 Å². The quantitative estimate of drug-likeness (QED) is 0.534. The summed E-state index contributed by atoms with van der Waals surface area (Å²) in [4.78, 5) is 20.8. The monoisotopic (exact) mass is 180 g/mol. The Bertz CT molecular complexity index is 374. The van der Waals surface area contributed by atoms with Crippen molar-refractivity contribution in [3.63, 3.8) is 0 Å². The van der Waals surface area contributed by atoms with Crippen molar-refractivity contribution in [2.24, 2.45) is 5.18 Å². The highest BCUT2D eigenvalue weighted by atomic mass is 16.4. The van der Waals surface area contributed by atoms with Crippen LogP contribution in [0.15, 0.2) is 17.3 Å². The zero-order valence-corrected chi connectivity index (χ0v) is 6.94. The second-order valence-electron chi connectivity index (χ2n) is 2.64. The molecule has 0 spiro atoms. The molecule has 0 saturated heterocycles. The first-order valence-corrected chi connectivity index (χ1v) is 3.53. The molecule has 13 heavy (non-hydrogen) atoms. The first-order valence-electron chi connectivity index (χ1n) is 3.53. The van der Waals surface area contributed by atoms with Gasteiger partial charge in [0.1, 0.15) is 5.69 Å². The van der Waals surface area contributed by atoms with Crippen LogP contribution in [-0.2, 0) is 0 Å². The number of nitrogens with zero attached hydrogens (tertiary/aromatic N) is 1. The van der Waals surface area contributed by atoms with Crippen LogP contribution < -0.4 is 5.73 Å². The predicted molar refractivity (Wildman–Crippen MR) is 48.0 cm³/mol. The summed E-state index contributed by atoms with van der Waals surface area (Å²) in [5.41, 5.74) is 5.82. The summed E-state index contributed by atoms with van der Waals surface area (Å²) in [7, 11) is 0. The van der Waals surface area contributed by atoms with Crippen molar-refractivity contribution < 1.29 is 9.90 Å². The Balaban J connectivity index is 3.44. The Morgan fingerprint density at radius 3 is 2.62 bits per heavy atom. The number of rotatable bonds is 2. The number of carboxylic acids is 1. The van der Waals surface area contributed by atoms with Crippen LogP contribution in [0.3, 0.4) is 0 Å². The number of aromatic carboxylic acids is 1. The summed E-state index contributed by atoms with van der Waals surface area (Å²) in [6, 6.07) is 2.83. The van der Waals surface area contributed by atoms with E-state index in [9.17, 15) is 9.70 Å². The minimum Gasteiger partial charge on any atom is -0.478 e. The van der Waals surface area contributed by atoms with Crippen molar-refractivity contribution >= 4 is 17.3 Å². The van der Waals surface area contributed by atoms with E-state index >= 15 is 0 Å². The highest BCUT2D eigenvalue weighted by Crippen LogP contribution is 2.27. The fourth-order valence-corrected chi connectivity index (χ4v) is 1.03. The standard InChI is InChI=1S/C8H8N2O3/c1-4-2-5(8(11)12)7(9)6(3-4)10-13/h2-3H,9H2,1H3,(H,11,12). The average molecular weight is 180 g/mol. The lowest BCUT2D eigenvalue weighted by Gasteiger charge is -2.03. The van der Waals surface area contributed by atoms with Crippen LogP contribution >= 0.6 is 0 Å². The van der Waals surface area contributed by atoms with Crippen LogP contribution in [0.5, 0.6) is 0 Å². The zero-order chi connectivity index (χ0) is 10.0. The molecule has 5 heteroatoms. The summed E-state index contributed by atoms with van der Waals surface area (Å²) in [6.07, 6.45) is 0. The normalized spacial score (nSPS) is 9.62. The molecular weight excluding hydrogens is 172 g/mol. The molecule has 0 aliphatic rings. The number of nitrogen functional groups attached to an aromatic ring is 1. The van der Waals surface area contributed by atoms with E-state index in [1.807, 2.05) is 0 Å². The van der Waals surface area contributed by atoms with Gasteiger partial charge in [0.2, 0.25) is 0 Å². The van der Waals surface area contributed by atoms with Gasteiger partial charge in [-0.15, -0.1) is 4.91 Å². The Morgan fingerprint density at radius 2 is 2.15 bits per heavy atom. The lowest BCUT2D eigenvalue weighted by molar-refractivity contribution is 0.0698. The second-order valence-corrected chi connectivity index (χ2v) is 2.64. The van der Waals surface area contributed by atoms with Crippen LogP contribution in [0.1, 0.15) is 15.9 Å². The molecule has 0 aliphatic heterocycles. The number of benzene rings is 1. The van der Waals surface area contributed by atoms with Gasteiger partial charge in [0.15, 0.2) is 0 Å². The minimum atomic E-state index is -1.16. The molecule has 3 N–H and O–H groups in total. The van der Waals surface area contributed by atoms with Crippen molar-refractivity contribution in [2.75, 3.05) is 5.73 Å². The van der Waals surface area contributed by atoms with Crippen LogP contribution in [0.4, 0.5) is 11.4 Å². The van der Waals surface area contributed by atoms with Gasteiger partial charge in [0, 0.05) is 0 Å². The molecule has 0 aromatic heterocycles. The van der Waals surface area contributed by atoms with E-state index < -0.39 is 5.97 Å². The minimum absolute atomic E-state index is 0.0302. The van der Waals surface area contributed by atoms with Crippen molar-refractivity contribution in [1.29, 1.82) is 0 Å². The SMILES string of the molecule is Cc1cc(N=O)c(N)c(C(=O)O)c1. The maximum absolute atomic E-state index is 10.6. The number of carboxylic acid groups (broad SMARTS) is 1. The zero-order valence-electron chi connectivity index (χ0n) is 6.94. The van der Waals surface area contributed by atoms with Gasteiger partial charge in [-0.05, 0) is 29.8 Å². The molecule has 0 amide bonds. The largest absolute Gasteiger partial charge is 0.478 e. The number of carbonyl (C=O) groups is 1. The van der Waals surface area contributed by atoms with E-state index in [2.05, 4.69) is 5.18 Å². The maximum atomic E-state index is 10.6. The molecule has 0 radical (unpaired) electrons. The smallest absolute Gasteiger partial charge is 0.337 e. The van der Waals surface area contributed by atoms with Crippen molar-refractivity contribution in [1.82, 2.24) is 0 Å². The van der Waals surface area contributed by atoms with E-state index in [1.165, 1.54) is 12.1 Å². The van der Waals surface area contributed by atoms with Gasteiger partial charge in [-0.25, -0.2) is 4.79 Å². The van der Waals surface area contributed by atoms with E-state index in [1.54, 1.807) is 6.92 Å². The number of hydrogen-bond donors (Lipinski definition) is 2. The molecule has 1 aromatic carbocycles.